The van der Waals surface area contributed by atoms with Gasteiger partial charge in [-0.3, -0.25) is 14.4 Å². The van der Waals surface area contributed by atoms with Gasteiger partial charge in [0, 0.05) is 16.7 Å². The van der Waals surface area contributed by atoms with E-state index in [0.717, 1.165) is 0 Å². The molecule has 1 rings (SSSR count). The van der Waals surface area contributed by atoms with Gasteiger partial charge in [0.05, 0.1) is 0 Å². The van der Waals surface area contributed by atoms with Crippen LogP contribution in [0.2, 0.25) is 0 Å². The van der Waals surface area contributed by atoms with Gasteiger partial charge in [0.1, 0.15) is 0 Å². The molecule has 1 aromatic rings. The first-order valence-corrected chi connectivity index (χ1v) is 4.77. The van der Waals surface area contributed by atoms with Gasteiger partial charge in [0.25, 0.3) is 5.78 Å². The van der Waals surface area contributed by atoms with Gasteiger partial charge in [-0.15, -0.1) is 0 Å². The van der Waals surface area contributed by atoms with Crippen LogP contribution in [0.4, 0.5) is 0 Å². The molecule has 0 aliphatic carbocycles. The number of carboxylic acid groups (broad SMARTS) is 1. The monoisotopic (exact) mass is 234 g/mol. The normalized spacial score (nSPS) is 9.76. The number of hydrogen-bond donors (Lipinski definition) is 1. The standard InChI is InChI=1S/C12H10O5/c1-6(13)8-3-9(7(2)14)5-10(4-8)11(15)12(16)17/h3-5H,1-2H3,(H,16,17). The largest absolute Gasteiger partial charge is 0.475 e. The molecule has 1 N–H and O–H groups in total. The van der Waals surface area contributed by atoms with Crippen molar-refractivity contribution in [1.29, 1.82) is 0 Å². The van der Waals surface area contributed by atoms with E-state index in [1.807, 2.05) is 0 Å². The third kappa shape index (κ3) is 2.84. The Balaban J connectivity index is 3.41. The Morgan fingerprint density at radius 2 is 1.18 bits per heavy atom. The van der Waals surface area contributed by atoms with Gasteiger partial charge in [0.15, 0.2) is 11.6 Å². The summed E-state index contributed by atoms with van der Waals surface area (Å²) >= 11 is 0. The molecule has 0 aliphatic heterocycles. The van der Waals surface area contributed by atoms with E-state index < -0.39 is 11.8 Å². The summed E-state index contributed by atoms with van der Waals surface area (Å²) in [6, 6.07) is 3.68. The summed E-state index contributed by atoms with van der Waals surface area (Å²) in [7, 11) is 0. The predicted molar refractivity (Wildman–Crippen MR) is 58.4 cm³/mol. The minimum Gasteiger partial charge on any atom is -0.475 e. The van der Waals surface area contributed by atoms with Gasteiger partial charge in [0.2, 0.25) is 0 Å². The minimum atomic E-state index is -1.62. The first kappa shape index (κ1) is 12.8. The van der Waals surface area contributed by atoms with E-state index in [1.54, 1.807) is 0 Å². The molecule has 1 aromatic carbocycles. The fraction of sp³-hybridized carbons (Fsp3) is 0.167. The van der Waals surface area contributed by atoms with Crippen molar-refractivity contribution in [1.82, 2.24) is 0 Å². The molecular weight excluding hydrogens is 224 g/mol. The Morgan fingerprint density at radius 1 is 0.824 bits per heavy atom. The summed E-state index contributed by atoms with van der Waals surface area (Å²) in [6.45, 7) is 2.54. The van der Waals surface area contributed by atoms with Crippen LogP contribution in [-0.2, 0) is 4.79 Å². The Morgan fingerprint density at radius 3 is 1.47 bits per heavy atom. The molecule has 5 heteroatoms. The van der Waals surface area contributed by atoms with Crippen LogP contribution in [0, 0.1) is 0 Å². The average molecular weight is 234 g/mol. The van der Waals surface area contributed by atoms with Crippen LogP contribution in [0.25, 0.3) is 0 Å². The van der Waals surface area contributed by atoms with E-state index in [2.05, 4.69) is 0 Å². The number of Topliss-reactive ketones (excluding diaryl/α,β-unsaturated/α-hetero) is 3. The van der Waals surface area contributed by atoms with E-state index in [4.69, 9.17) is 5.11 Å². The van der Waals surface area contributed by atoms with Gasteiger partial charge in [-0.2, -0.15) is 0 Å². The zero-order chi connectivity index (χ0) is 13.2. The van der Waals surface area contributed by atoms with E-state index in [1.165, 1.54) is 32.0 Å². The molecule has 0 aromatic heterocycles. The summed E-state index contributed by atoms with van der Waals surface area (Å²) in [6.07, 6.45) is 0. The Hall–Kier alpha value is -2.30. The van der Waals surface area contributed by atoms with Gasteiger partial charge in [-0.25, -0.2) is 4.79 Å². The molecule has 0 bridgehead atoms. The maximum absolute atomic E-state index is 11.3. The van der Waals surface area contributed by atoms with E-state index >= 15 is 0 Å². The average Bonchev–Trinajstić information content (AvgIpc) is 2.27. The molecule has 88 valence electrons. The molecule has 0 saturated heterocycles. The summed E-state index contributed by atoms with van der Waals surface area (Å²) in [4.78, 5) is 44.2. The van der Waals surface area contributed by atoms with E-state index in [0.29, 0.717) is 0 Å². The van der Waals surface area contributed by atoms with Crippen LogP contribution in [0.15, 0.2) is 18.2 Å². The summed E-state index contributed by atoms with van der Waals surface area (Å²) in [5.74, 6) is -3.45. The first-order chi connectivity index (χ1) is 7.82. The van der Waals surface area contributed by atoms with Gasteiger partial charge >= 0.3 is 5.97 Å². The Bertz CT molecular complexity index is 495. The molecule has 5 nitrogen and oxygen atoms in total. The highest BCUT2D eigenvalue weighted by molar-refractivity contribution is 6.40. The number of benzene rings is 1. The topological polar surface area (TPSA) is 88.5 Å². The van der Waals surface area contributed by atoms with Crippen molar-refractivity contribution >= 4 is 23.3 Å². The van der Waals surface area contributed by atoms with Crippen molar-refractivity contribution in [3.05, 3.63) is 34.9 Å². The lowest BCUT2D eigenvalue weighted by Crippen LogP contribution is -2.14. The molecule has 0 spiro atoms. The van der Waals surface area contributed by atoms with Crippen LogP contribution in [0.3, 0.4) is 0 Å². The van der Waals surface area contributed by atoms with Gasteiger partial charge < -0.3 is 5.11 Å². The lowest BCUT2D eigenvalue weighted by molar-refractivity contribution is -0.131. The van der Waals surface area contributed by atoms with Crippen molar-refractivity contribution in [3.8, 4) is 0 Å². The molecule has 0 fully saturated rings. The third-order valence-corrected chi connectivity index (χ3v) is 2.20. The number of carbonyl (C=O) groups excluding carboxylic acids is 3. The summed E-state index contributed by atoms with van der Waals surface area (Å²) < 4.78 is 0. The molecule has 0 radical (unpaired) electrons. The van der Waals surface area contributed by atoms with E-state index in [9.17, 15) is 19.2 Å². The molecule has 17 heavy (non-hydrogen) atoms. The SMILES string of the molecule is CC(=O)c1cc(C(C)=O)cc(C(=O)C(=O)O)c1. The number of aliphatic carboxylic acids is 1. The third-order valence-electron chi connectivity index (χ3n) is 2.20. The highest BCUT2D eigenvalue weighted by atomic mass is 16.4. The van der Waals surface area contributed by atoms with Gasteiger partial charge in [-0.1, -0.05) is 0 Å². The number of carboxylic acids is 1. The smallest absolute Gasteiger partial charge is 0.377 e. The van der Waals surface area contributed by atoms with Crippen molar-refractivity contribution in [2.24, 2.45) is 0 Å². The maximum atomic E-state index is 11.3. The van der Waals surface area contributed by atoms with E-state index in [-0.39, 0.29) is 28.3 Å². The second kappa shape index (κ2) is 4.69. The quantitative estimate of drug-likeness (QED) is 0.627. The Labute approximate surface area is 97.1 Å². The molecular formula is C12H10O5. The second-order valence-corrected chi connectivity index (χ2v) is 3.55. The van der Waals surface area contributed by atoms with Crippen LogP contribution in [0.1, 0.15) is 44.9 Å². The summed E-state index contributed by atoms with van der Waals surface area (Å²) in [5.41, 5.74) is 0.111. The molecule has 0 amide bonds. The van der Waals surface area contributed by atoms with Crippen molar-refractivity contribution in [3.63, 3.8) is 0 Å². The van der Waals surface area contributed by atoms with Crippen molar-refractivity contribution < 1.29 is 24.3 Å². The number of hydrogen-bond acceptors (Lipinski definition) is 4. The van der Waals surface area contributed by atoms with Gasteiger partial charge in [-0.05, 0) is 32.0 Å². The zero-order valence-electron chi connectivity index (χ0n) is 9.31. The highest BCUT2D eigenvalue weighted by Gasteiger charge is 2.18. The second-order valence-electron chi connectivity index (χ2n) is 3.55. The Kier molecular flexibility index (Phi) is 3.52. The molecule has 0 aliphatic rings. The van der Waals surface area contributed by atoms with Crippen molar-refractivity contribution in [2.45, 2.75) is 13.8 Å². The molecule has 0 atom stereocenters. The van der Waals surface area contributed by atoms with Crippen LogP contribution < -0.4 is 0 Å². The zero-order valence-corrected chi connectivity index (χ0v) is 9.31. The number of carbonyl (C=O) groups is 4. The molecule has 0 heterocycles. The number of rotatable bonds is 4. The highest BCUT2D eigenvalue weighted by Crippen LogP contribution is 2.13. The fourth-order valence-electron chi connectivity index (χ4n) is 1.29. The van der Waals surface area contributed by atoms with Crippen LogP contribution in [-0.4, -0.2) is 28.4 Å². The lowest BCUT2D eigenvalue weighted by atomic mass is 9.99. The first-order valence-electron chi connectivity index (χ1n) is 4.77. The lowest BCUT2D eigenvalue weighted by Gasteiger charge is -2.03. The van der Waals surface area contributed by atoms with Crippen LogP contribution in [0.5, 0.6) is 0 Å². The fourth-order valence-corrected chi connectivity index (χ4v) is 1.29. The maximum Gasteiger partial charge on any atom is 0.377 e. The summed E-state index contributed by atoms with van der Waals surface area (Å²) in [5, 5.41) is 8.58. The molecule has 0 saturated carbocycles. The number of ketones is 3. The molecule has 0 unspecified atom stereocenters. The van der Waals surface area contributed by atoms with Crippen molar-refractivity contribution in [2.75, 3.05) is 0 Å². The van der Waals surface area contributed by atoms with Crippen LogP contribution >= 0.6 is 0 Å². The predicted octanol–water partition coefficient (Wildman–Crippen LogP) is 1.36. The minimum absolute atomic E-state index is 0.141.